The molecule has 0 aromatic heterocycles. The van der Waals surface area contributed by atoms with Crippen LogP contribution in [0.15, 0.2) is 77.1 Å². The number of phenols is 1. The Bertz CT molecular complexity index is 885. The minimum Gasteiger partial charge on any atom is -0.508 e. The number of carbonyl (C=O) groups excluding carboxylic acids is 1. The maximum atomic E-state index is 12.1. The Labute approximate surface area is 143 Å². The number of benzene rings is 2. The number of aliphatic hydroxyl groups excluding tert-OH is 1. The van der Waals surface area contributed by atoms with Crippen molar-refractivity contribution in [3.8, 4) is 5.75 Å². The molecule has 2 aromatic carbocycles. The van der Waals surface area contributed by atoms with E-state index >= 15 is 0 Å². The van der Waals surface area contributed by atoms with E-state index in [0.29, 0.717) is 0 Å². The number of aromatic hydroxyl groups is 1. The van der Waals surface area contributed by atoms with Gasteiger partial charge in [0, 0.05) is 10.6 Å². The Kier molecular flexibility index (Phi) is 5.39. The van der Waals surface area contributed by atoms with Gasteiger partial charge < -0.3 is 10.2 Å². The second-order valence-corrected chi connectivity index (χ2v) is 5.39. The number of amides is 1. The molecule has 0 heterocycles. The van der Waals surface area contributed by atoms with Gasteiger partial charge in [-0.25, -0.2) is 5.43 Å². The summed E-state index contributed by atoms with van der Waals surface area (Å²) < 4.78 is 0. The number of nitrogens with zero attached hydrogens (tertiary/aromatic N) is 1. The van der Waals surface area contributed by atoms with Crippen molar-refractivity contribution in [2.45, 2.75) is 0 Å². The standard InChI is InChI=1S/C18H15ClN2O3/c1-11(19)7-15(12(2)22)10-20-21-18(24)16-8-13-5-3-4-6-14(13)9-17(16)23/h3-10,22-23H,1-2H2,(H,21,24)/b15-7-,20-10+. The molecule has 0 aliphatic rings. The first kappa shape index (κ1) is 17.3. The first-order valence-corrected chi connectivity index (χ1v) is 7.26. The Balaban J connectivity index is 2.21. The second kappa shape index (κ2) is 7.48. The lowest BCUT2D eigenvalue weighted by Crippen LogP contribution is -2.18. The molecule has 0 saturated heterocycles. The Morgan fingerprint density at radius 2 is 1.83 bits per heavy atom. The molecule has 0 radical (unpaired) electrons. The summed E-state index contributed by atoms with van der Waals surface area (Å²) in [5, 5.41) is 24.9. The lowest BCUT2D eigenvalue weighted by atomic mass is 10.1. The smallest absolute Gasteiger partial charge is 0.275 e. The van der Waals surface area contributed by atoms with E-state index in [4.69, 9.17) is 11.6 Å². The van der Waals surface area contributed by atoms with E-state index in [9.17, 15) is 15.0 Å². The Hall–Kier alpha value is -3.05. The van der Waals surface area contributed by atoms with Crippen LogP contribution in [0.25, 0.3) is 10.8 Å². The molecule has 0 fully saturated rings. The summed E-state index contributed by atoms with van der Waals surface area (Å²) in [6.45, 7) is 6.82. The van der Waals surface area contributed by atoms with Crippen LogP contribution in [-0.4, -0.2) is 22.3 Å². The first-order chi connectivity index (χ1) is 11.4. The monoisotopic (exact) mass is 342 g/mol. The molecule has 2 rings (SSSR count). The van der Waals surface area contributed by atoms with Gasteiger partial charge in [0.05, 0.1) is 11.8 Å². The van der Waals surface area contributed by atoms with Gasteiger partial charge in [0.25, 0.3) is 5.91 Å². The highest BCUT2D eigenvalue weighted by Gasteiger charge is 2.11. The van der Waals surface area contributed by atoms with Crippen LogP contribution in [0.2, 0.25) is 0 Å². The molecule has 122 valence electrons. The van der Waals surface area contributed by atoms with Crippen LogP contribution in [0.1, 0.15) is 10.4 Å². The van der Waals surface area contributed by atoms with E-state index in [0.717, 1.165) is 10.8 Å². The van der Waals surface area contributed by atoms with Crippen molar-refractivity contribution in [1.29, 1.82) is 0 Å². The third-order valence-corrected chi connectivity index (χ3v) is 3.23. The zero-order valence-electron chi connectivity index (χ0n) is 12.7. The summed E-state index contributed by atoms with van der Waals surface area (Å²) in [7, 11) is 0. The van der Waals surface area contributed by atoms with Crippen LogP contribution in [0.5, 0.6) is 5.75 Å². The third kappa shape index (κ3) is 4.24. The van der Waals surface area contributed by atoms with Crippen molar-refractivity contribution in [2.24, 2.45) is 5.10 Å². The molecule has 0 saturated carbocycles. The minimum absolute atomic E-state index is 0.0842. The predicted octanol–water partition coefficient (Wildman–Crippen LogP) is 4.01. The fourth-order valence-corrected chi connectivity index (χ4v) is 2.11. The molecule has 0 atom stereocenters. The first-order valence-electron chi connectivity index (χ1n) is 6.88. The lowest BCUT2D eigenvalue weighted by Gasteiger charge is -2.06. The Morgan fingerprint density at radius 3 is 2.42 bits per heavy atom. The van der Waals surface area contributed by atoms with E-state index < -0.39 is 5.91 Å². The van der Waals surface area contributed by atoms with Gasteiger partial charge in [-0.3, -0.25) is 4.79 Å². The fraction of sp³-hybridized carbons (Fsp3) is 0. The molecule has 0 bridgehead atoms. The molecule has 6 heteroatoms. The van der Waals surface area contributed by atoms with E-state index in [1.807, 2.05) is 24.3 Å². The number of fused-ring (bicyclic) bond motifs is 1. The number of aliphatic hydroxyl groups is 1. The van der Waals surface area contributed by atoms with Gasteiger partial charge in [0.15, 0.2) is 0 Å². The summed E-state index contributed by atoms with van der Waals surface area (Å²) in [4.78, 5) is 12.1. The molecule has 1 amide bonds. The number of hydrogen-bond acceptors (Lipinski definition) is 4. The van der Waals surface area contributed by atoms with Crippen molar-refractivity contribution >= 4 is 34.5 Å². The van der Waals surface area contributed by atoms with Gasteiger partial charge in [-0.05, 0) is 29.0 Å². The molecule has 2 aromatic rings. The van der Waals surface area contributed by atoms with Gasteiger partial charge in [-0.2, -0.15) is 5.10 Å². The number of allylic oxidation sites excluding steroid dienone is 3. The Morgan fingerprint density at radius 1 is 1.21 bits per heavy atom. The van der Waals surface area contributed by atoms with Gasteiger partial charge in [0.2, 0.25) is 0 Å². The maximum absolute atomic E-state index is 12.1. The van der Waals surface area contributed by atoms with Crippen molar-refractivity contribution < 1.29 is 15.0 Å². The van der Waals surface area contributed by atoms with Gasteiger partial charge in [0.1, 0.15) is 11.5 Å². The summed E-state index contributed by atoms with van der Waals surface area (Å²) in [6.07, 6.45) is 2.51. The normalized spacial score (nSPS) is 11.6. The molecule has 0 aliphatic heterocycles. The second-order valence-electron chi connectivity index (χ2n) is 4.91. The fourth-order valence-electron chi connectivity index (χ4n) is 1.99. The quantitative estimate of drug-likeness (QED) is 0.332. The molecular formula is C18H15ClN2O3. The third-order valence-electron chi connectivity index (χ3n) is 3.12. The zero-order valence-corrected chi connectivity index (χ0v) is 13.4. The highest BCUT2D eigenvalue weighted by molar-refractivity contribution is 6.31. The van der Waals surface area contributed by atoms with E-state index in [1.54, 1.807) is 6.07 Å². The number of carbonyl (C=O) groups is 1. The maximum Gasteiger partial charge on any atom is 0.275 e. The number of hydrazone groups is 1. The number of hydrogen-bond donors (Lipinski definition) is 3. The highest BCUT2D eigenvalue weighted by Crippen LogP contribution is 2.24. The molecule has 24 heavy (non-hydrogen) atoms. The number of phenolic OH excluding ortho intramolecular Hbond substituents is 1. The molecule has 0 aliphatic carbocycles. The summed E-state index contributed by atoms with van der Waals surface area (Å²) >= 11 is 5.63. The molecule has 5 nitrogen and oxygen atoms in total. The number of nitrogens with one attached hydrogen (secondary N) is 1. The average Bonchev–Trinajstić information content (AvgIpc) is 2.52. The van der Waals surface area contributed by atoms with Gasteiger partial charge in [-0.1, -0.05) is 49.0 Å². The SMILES string of the molecule is C=C(Cl)/C=C(/C=N/NC(=O)c1cc2ccccc2cc1O)C(=C)O. The largest absolute Gasteiger partial charge is 0.508 e. The van der Waals surface area contributed by atoms with Crippen LogP contribution in [0.3, 0.4) is 0 Å². The summed E-state index contributed by atoms with van der Waals surface area (Å²) in [5.74, 6) is -1.02. The molecule has 0 spiro atoms. The molecule has 0 unspecified atom stereocenters. The van der Waals surface area contributed by atoms with Crippen molar-refractivity contribution in [3.05, 3.63) is 77.6 Å². The van der Waals surface area contributed by atoms with E-state index in [-0.39, 0.29) is 27.7 Å². The molecular weight excluding hydrogens is 328 g/mol. The van der Waals surface area contributed by atoms with Crippen LogP contribution in [0.4, 0.5) is 0 Å². The van der Waals surface area contributed by atoms with Gasteiger partial charge >= 0.3 is 0 Å². The van der Waals surface area contributed by atoms with Crippen LogP contribution < -0.4 is 5.43 Å². The van der Waals surface area contributed by atoms with Crippen LogP contribution in [0, 0.1) is 0 Å². The predicted molar refractivity (Wildman–Crippen MR) is 96.4 cm³/mol. The van der Waals surface area contributed by atoms with E-state index in [1.165, 1.54) is 18.4 Å². The van der Waals surface area contributed by atoms with Crippen molar-refractivity contribution in [1.82, 2.24) is 5.43 Å². The lowest BCUT2D eigenvalue weighted by molar-refractivity contribution is 0.0952. The average molecular weight is 343 g/mol. The zero-order chi connectivity index (χ0) is 17.7. The highest BCUT2D eigenvalue weighted by atomic mass is 35.5. The van der Waals surface area contributed by atoms with Crippen LogP contribution in [-0.2, 0) is 0 Å². The minimum atomic E-state index is -0.595. The number of halogens is 1. The van der Waals surface area contributed by atoms with Gasteiger partial charge in [-0.15, -0.1) is 0 Å². The summed E-state index contributed by atoms with van der Waals surface area (Å²) in [5.41, 5.74) is 2.54. The summed E-state index contributed by atoms with van der Waals surface area (Å²) in [6, 6.07) is 10.4. The number of rotatable bonds is 5. The topological polar surface area (TPSA) is 81.9 Å². The van der Waals surface area contributed by atoms with Crippen LogP contribution >= 0.6 is 11.6 Å². The molecule has 3 N–H and O–H groups in total. The van der Waals surface area contributed by atoms with Crippen molar-refractivity contribution in [3.63, 3.8) is 0 Å². The van der Waals surface area contributed by atoms with E-state index in [2.05, 4.69) is 23.7 Å². The van der Waals surface area contributed by atoms with Crippen molar-refractivity contribution in [2.75, 3.05) is 0 Å².